The van der Waals surface area contributed by atoms with Gasteiger partial charge in [0.15, 0.2) is 11.4 Å². The van der Waals surface area contributed by atoms with E-state index in [1.807, 2.05) is 7.05 Å². The number of anilines is 1. The van der Waals surface area contributed by atoms with Crippen LogP contribution in [-0.2, 0) is 10.2 Å². The third-order valence-electron chi connectivity index (χ3n) is 3.59. The van der Waals surface area contributed by atoms with Gasteiger partial charge in [-0.05, 0) is 13.3 Å². The number of nitrogens with zero attached hydrogens (tertiary/aromatic N) is 2. The molecule has 2 atom stereocenters. The number of ether oxygens (including phenoxy) is 1. The minimum Gasteiger partial charge on any atom is -0.376 e. The fourth-order valence-corrected chi connectivity index (χ4v) is 3.57. The van der Waals surface area contributed by atoms with Crippen molar-refractivity contribution in [1.82, 2.24) is 4.98 Å². The van der Waals surface area contributed by atoms with E-state index in [1.54, 1.807) is 0 Å². The molecule has 2 unspecified atom stereocenters. The largest absolute Gasteiger partial charge is 0.376 e. The number of carbonyl (C=O) groups is 1. The quantitative estimate of drug-likeness (QED) is 0.800. The Kier molecular flexibility index (Phi) is 3.97. The first-order valence-corrected chi connectivity index (χ1v) is 7.47. The van der Waals surface area contributed by atoms with Crippen molar-refractivity contribution in [2.24, 2.45) is 0 Å². The third-order valence-corrected chi connectivity index (χ3v) is 4.67. The minimum absolute atomic E-state index is 0.108. The van der Waals surface area contributed by atoms with Crippen LogP contribution >= 0.6 is 11.3 Å². The van der Waals surface area contributed by atoms with Crippen LogP contribution in [0.3, 0.4) is 0 Å². The number of thiazole rings is 1. The zero-order chi connectivity index (χ0) is 14.2. The first-order chi connectivity index (χ1) is 8.84. The molecule has 0 bridgehead atoms. The predicted octanol–water partition coefficient (Wildman–Crippen LogP) is 2.87. The molecule has 4 nitrogen and oxygen atoms in total. The van der Waals surface area contributed by atoms with Crippen molar-refractivity contribution >= 4 is 22.8 Å². The van der Waals surface area contributed by atoms with Crippen LogP contribution in [0, 0.1) is 0 Å². The molecule has 0 N–H and O–H groups in total. The minimum atomic E-state index is -0.108. The van der Waals surface area contributed by atoms with Gasteiger partial charge < -0.3 is 9.64 Å². The van der Waals surface area contributed by atoms with Gasteiger partial charge in [0.25, 0.3) is 0 Å². The Bertz CT molecular complexity index is 465. The summed E-state index contributed by atoms with van der Waals surface area (Å²) in [5.41, 5.74) is 0.782. The topological polar surface area (TPSA) is 42.4 Å². The Hall–Kier alpha value is -0.940. The van der Waals surface area contributed by atoms with Crippen LogP contribution in [0.4, 0.5) is 5.13 Å². The maximum Gasteiger partial charge on any atom is 0.186 e. The summed E-state index contributed by atoms with van der Waals surface area (Å²) in [5.74, 6) is 0. The number of aldehydes is 1. The van der Waals surface area contributed by atoms with Gasteiger partial charge in [-0.15, -0.1) is 0 Å². The van der Waals surface area contributed by atoms with E-state index in [0.29, 0.717) is 6.04 Å². The lowest BCUT2D eigenvalue weighted by molar-refractivity contribution is 0.112. The number of hydrogen-bond acceptors (Lipinski definition) is 5. The average Bonchev–Trinajstić information content (AvgIpc) is 2.92. The molecule has 0 amide bonds. The molecule has 1 aliphatic heterocycles. The molecule has 0 spiro atoms. The second-order valence-electron chi connectivity index (χ2n) is 6.12. The average molecular weight is 282 g/mol. The highest BCUT2D eigenvalue weighted by Gasteiger charge is 2.31. The Morgan fingerprint density at radius 3 is 2.58 bits per heavy atom. The lowest BCUT2D eigenvalue weighted by Crippen LogP contribution is -2.36. The fraction of sp³-hybridized carbons (Fsp3) is 0.714. The van der Waals surface area contributed by atoms with E-state index in [9.17, 15) is 4.79 Å². The Morgan fingerprint density at radius 2 is 2.16 bits per heavy atom. The molecule has 1 fully saturated rings. The number of rotatable bonds is 3. The number of aromatic nitrogens is 1. The lowest BCUT2D eigenvalue weighted by Gasteiger charge is -2.26. The van der Waals surface area contributed by atoms with Crippen LogP contribution < -0.4 is 4.90 Å². The molecule has 0 aromatic carbocycles. The molecular weight excluding hydrogens is 260 g/mol. The highest BCUT2D eigenvalue weighted by molar-refractivity contribution is 7.17. The molecule has 0 aliphatic carbocycles. The van der Waals surface area contributed by atoms with Gasteiger partial charge in [0, 0.05) is 19.1 Å². The SMILES string of the molecule is CC1OCCC1N(C)c1nc(C(C)(C)C)c(C=O)s1. The summed E-state index contributed by atoms with van der Waals surface area (Å²) in [6.45, 7) is 9.14. The van der Waals surface area contributed by atoms with Crippen molar-refractivity contribution in [3.63, 3.8) is 0 Å². The van der Waals surface area contributed by atoms with Crippen LogP contribution in [-0.4, -0.2) is 37.1 Å². The normalized spacial score (nSPS) is 23.6. The van der Waals surface area contributed by atoms with E-state index in [-0.39, 0.29) is 11.5 Å². The number of hydrogen-bond donors (Lipinski definition) is 0. The molecule has 2 heterocycles. The van der Waals surface area contributed by atoms with Gasteiger partial charge >= 0.3 is 0 Å². The van der Waals surface area contributed by atoms with E-state index in [2.05, 4.69) is 37.6 Å². The van der Waals surface area contributed by atoms with E-state index >= 15 is 0 Å². The van der Waals surface area contributed by atoms with E-state index in [4.69, 9.17) is 4.74 Å². The van der Waals surface area contributed by atoms with E-state index in [1.165, 1.54) is 11.3 Å². The van der Waals surface area contributed by atoms with Crippen molar-refractivity contribution in [1.29, 1.82) is 0 Å². The molecule has 106 valence electrons. The summed E-state index contributed by atoms with van der Waals surface area (Å²) >= 11 is 1.47. The van der Waals surface area contributed by atoms with Gasteiger partial charge in [0.1, 0.15) is 0 Å². The van der Waals surface area contributed by atoms with Crippen molar-refractivity contribution in [2.75, 3.05) is 18.6 Å². The second-order valence-corrected chi connectivity index (χ2v) is 7.13. The maximum atomic E-state index is 11.2. The van der Waals surface area contributed by atoms with Gasteiger partial charge in [-0.25, -0.2) is 4.98 Å². The molecule has 1 aromatic heterocycles. The molecule has 0 radical (unpaired) electrons. The fourth-order valence-electron chi connectivity index (χ4n) is 2.46. The van der Waals surface area contributed by atoms with E-state index < -0.39 is 0 Å². The molecule has 19 heavy (non-hydrogen) atoms. The van der Waals surface area contributed by atoms with Crippen molar-refractivity contribution in [2.45, 2.75) is 51.7 Å². The van der Waals surface area contributed by atoms with Crippen LogP contribution in [0.5, 0.6) is 0 Å². The van der Waals surface area contributed by atoms with Crippen LogP contribution in [0.15, 0.2) is 0 Å². The summed E-state index contributed by atoms with van der Waals surface area (Å²) in [4.78, 5) is 18.8. The Morgan fingerprint density at radius 1 is 1.47 bits per heavy atom. The van der Waals surface area contributed by atoms with Gasteiger partial charge in [-0.1, -0.05) is 32.1 Å². The highest BCUT2D eigenvalue weighted by atomic mass is 32.1. The van der Waals surface area contributed by atoms with Crippen molar-refractivity contribution in [3.05, 3.63) is 10.6 Å². The van der Waals surface area contributed by atoms with Gasteiger partial charge in [-0.3, -0.25) is 4.79 Å². The lowest BCUT2D eigenvalue weighted by atomic mass is 9.91. The maximum absolute atomic E-state index is 11.2. The zero-order valence-corrected chi connectivity index (χ0v) is 13.1. The molecule has 2 rings (SSSR count). The monoisotopic (exact) mass is 282 g/mol. The van der Waals surface area contributed by atoms with Crippen molar-refractivity contribution < 1.29 is 9.53 Å². The highest BCUT2D eigenvalue weighted by Crippen LogP contribution is 2.34. The summed E-state index contributed by atoms with van der Waals surface area (Å²) < 4.78 is 5.60. The number of carbonyl (C=O) groups excluding carboxylic acids is 1. The molecular formula is C14H22N2O2S. The van der Waals surface area contributed by atoms with Crippen LogP contribution in [0.2, 0.25) is 0 Å². The summed E-state index contributed by atoms with van der Waals surface area (Å²) in [5, 5.41) is 0.911. The van der Waals surface area contributed by atoms with Crippen molar-refractivity contribution in [3.8, 4) is 0 Å². The second kappa shape index (κ2) is 5.21. The molecule has 1 aromatic rings. The molecule has 1 saturated heterocycles. The Labute approximate surface area is 118 Å². The summed E-state index contributed by atoms with van der Waals surface area (Å²) in [6, 6.07) is 0.346. The smallest absolute Gasteiger partial charge is 0.186 e. The van der Waals surface area contributed by atoms with Crippen LogP contribution in [0.1, 0.15) is 49.5 Å². The molecule has 5 heteroatoms. The Balaban J connectivity index is 2.30. The number of likely N-dealkylation sites (N-methyl/N-ethyl adjacent to an activating group) is 1. The zero-order valence-electron chi connectivity index (χ0n) is 12.3. The van der Waals surface area contributed by atoms with Gasteiger partial charge in [-0.2, -0.15) is 0 Å². The summed E-state index contributed by atoms with van der Waals surface area (Å²) in [7, 11) is 2.04. The van der Waals surface area contributed by atoms with E-state index in [0.717, 1.165) is 35.0 Å². The van der Waals surface area contributed by atoms with Crippen LogP contribution in [0.25, 0.3) is 0 Å². The van der Waals surface area contributed by atoms with Gasteiger partial charge in [0.05, 0.1) is 22.7 Å². The molecule has 0 saturated carbocycles. The first-order valence-electron chi connectivity index (χ1n) is 6.65. The first kappa shape index (κ1) is 14.5. The summed E-state index contributed by atoms with van der Waals surface area (Å²) in [6.07, 6.45) is 2.15. The molecule has 1 aliphatic rings. The van der Waals surface area contributed by atoms with Gasteiger partial charge in [0.2, 0.25) is 0 Å². The standard InChI is InChI=1S/C14H22N2O2S/c1-9-10(6-7-18-9)16(5)13-15-12(14(2,3)4)11(8-17)19-13/h8-10H,6-7H2,1-5H3. The third kappa shape index (κ3) is 2.82. The predicted molar refractivity (Wildman–Crippen MR) is 78.4 cm³/mol.